The molecule has 0 unspecified atom stereocenters. The summed E-state index contributed by atoms with van der Waals surface area (Å²) in [6.07, 6.45) is 0.998. The zero-order chi connectivity index (χ0) is 9.90. The minimum absolute atomic E-state index is 0. The maximum Gasteiger partial charge on any atom is 0.0776 e. The maximum atomic E-state index is 5.53. The average Bonchev–Trinajstić information content (AvgIpc) is 2.04. The molecule has 0 saturated carbocycles. The van der Waals surface area contributed by atoms with Gasteiger partial charge >= 0.3 is 0 Å². The molecule has 0 aliphatic carbocycles. The maximum absolute atomic E-state index is 5.53. The van der Waals surface area contributed by atoms with Gasteiger partial charge in [-0.05, 0) is 18.5 Å². The Bertz CT molecular complexity index is 281. The molecule has 0 spiro atoms. The summed E-state index contributed by atoms with van der Waals surface area (Å²) in [5, 5.41) is 1.53. The molecule has 0 aliphatic rings. The topological polar surface area (TPSA) is 26.0 Å². The van der Waals surface area contributed by atoms with Crippen LogP contribution >= 0.6 is 12.4 Å². The van der Waals surface area contributed by atoms with Crippen molar-refractivity contribution < 1.29 is 0 Å². The summed E-state index contributed by atoms with van der Waals surface area (Å²) < 4.78 is 0. The highest BCUT2D eigenvalue weighted by Gasteiger charge is 2.15. The van der Waals surface area contributed by atoms with E-state index in [4.69, 9.17) is 5.73 Å². The number of hydrogen-bond acceptors (Lipinski definition) is 1. The van der Waals surface area contributed by atoms with E-state index in [-0.39, 0.29) is 12.4 Å². The zero-order valence-corrected chi connectivity index (χ0v) is 11.0. The lowest BCUT2D eigenvalue weighted by Gasteiger charge is -2.17. The highest BCUT2D eigenvalue weighted by molar-refractivity contribution is 6.88. The normalized spacial score (nSPS) is 10.9. The third-order valence-corrected chi connectivity index (χ3v) is 4.27. The first kappa shape index (κ1) is 13.7. The molecular formula is C11H20ClNSi. The second-order valence-electron chi connectivity index (χ2n) is 4.49. The van der Waals surface area contributed by atoms with Crippen molar-refractivity contribution in [3.8, 4) is 0 Å². The second kappa shape index (κ2) is 5.54. The molecule has 0 heterocycles. The van der Waals surface area contributed by atoms with Gasteiger partial charge in [-0.3, -0.25) is 0 Å². The number of benzene rings is 1. The predicted octanol–water partition coefficient (Wildman–Crippen LogP) is 2.15. The van der Waals surface area contributed by atoms with Gasteiger partial charge in [0.1, 0.15) is 0 Å². The van der Waals surface area contributed by atoms with Crippen molar-refractivity contribution in [1.82, 2.24) is 0 Å². The van der Waals surface area contributed by atoms with Crippen molar-refractivity contribution in [2.45, 2.75) is 26.1 Å². The van der Waals surface area contributed by atoms with Crippen LogP contribution in [0.2, 0.25) is 19.6 Å². The molecule has 0 saturated heterocycles. The molecule has 0 aromatic heterocycles. The Balaban J connectivity index is 0.00000169. The molecule has 2 N–H and O–H groups in total. The SMILES string of the molecule is C[Si](C)(C)c1cccc(CCN)c1.Cl. The van der Waals surface area contributed by atoms with E-state index in [0.717, 1.165) is 13.0 Å². The fraction of sp³-hybridized carbons (Fsp3) is 0.455. The van der Waals surface area contributed by atoms with Crippen LogP contribution in [0.3, 0.4) is 0 Å². The lowest BCUT2D eigenvalue weighted by Crippen LogP contribution is -2.37. The van der Waals surface area contributed by atoms with Crippen molar-refractivity contribution >= 4 is 25.7 Å². The summed E-state index contributed by atoms with van der Waals surface area (Å²) in [4.78, 5) is 0. The highest BCUT2D eigenvalue weighted by Crippen LogP contribution is 2.05. The molecule has 0 atom stereocenters. The Morgan fingerprint density at radius 2 is 1.86 bits per heavy atom. The first-order valence-electron chi connectivity index (χ1n) is 4.83. The van der Waals surface area contributed by atoms with Gasteiger partial charge in [0.05, 0.1) is 8.07 Å². The van der Waals surface area contributed by atoms with Crippen molar-refractivity contribution in [2.24, 2.45) is 5.73 Å². The lowest BCUT2D eigenvalue weighted by atomic mass is 10.1. The zero-order valence-electron chi connectivity index (χ0n) is 9.21. The van der Waals surface area contributed by atoms with E-state index in [1.807, 2.05) is 0 Å². The van der Waals surface area contributed by atoms with Crippen molar-refractivity contribution in [3.63, 3.8) is 0 Å². The van der Waals surface area contributed by atoms with Crippen LogP contribution in [0.25, 0.3) is 0 Å². The van der Waals surface area contributed by atoms with E-state index in [0.29, 0.717) is 0 Å². The third kappa shape index (κ3) is 3.82. The largest absolute Gasteiger partial charge is 0.330 e. The Morgan fingerprint density at radius 1 is 1.21 bits per heavy atom. The van der Waals surface area contributed by atoms with E-state index >= 15 is 0 Å². The van der Waals surface area contributed by atoms with Crippen molar-refractivity contribution in [2.75, 3.05) is 6.54 Å². The average molecular weight is 230 g/mol. The van der Waals surface area contributed by atoms with Crippen LogP contribution < -0.4 is 10.9 Å². The summed E-state index contributed by atoms with van der Waals surface area (Å²) in [6, 6.07) is 8.88. The fourth-order valence-electron chi connectivity index (χ4n) is 1.36. The predicted molar refractivity (Wildman–Crippen MR) is 69.4 cm³/mol. The molecular weight excluding hydrogens is 210 g/mol. The molecule has 1 nitrogen and oxygen atoms in total. The van der Waals surface area contributed by atoms with Gasteiger partial charge < -0.3 is 5.73 Å². The van der Waals surface area contributed by atoms with Gasteiger partial charge in [-0.25, -0.2) is 0 Å². The molecule has 80 valence electrons. The van der Waals surface area contributed by atoms with E-state index in [1.165, 1.54) is 10.8 Å². The monoisotopic (exact) mass is 229 g/mol. The van der Waals surface area contributed by atoms with E-state index in [1.54, 1.807) is 0 Å². The highest BCUT2D eigenvalue weighted by atomic mass is 35.5. The van der Waals surface area contributed by atoms with Crippen LogP contribution in [0.4, 0.5) is 0 Å². The molecule has 0 radical (unpaired) electrons. The van der Waals surface area contributed by atoms with Crippen LogP contribution in [0.1, 0.15) is 5.56 Å². The summed E-state index contributed by atoms with van der Waals surface area (Å²) in [5.41, 5.74) is 6.91. The number of hydrogen-bond donors (Lipinski definition) is 1. The molecule has 0 fully saturated rings. The van der Waals surface area contributed by atoms with Gasteiger partial charge in [0.25, 0.3) is 0 Å². The summed E-state index contributed by atoms with van der Waals surface area (Å²) >= 11 is 0. The van der Waals surface area contributed by atoms with Crippen LogP contribution in [0.15, 0.2) is 24.3 Å². The third-order valence-electron chi connectivity index (χ3n) is 2.23. The molecule has 3 heteroatoms. The van der Waals surface area contributed by atoms with Crippen molar-refractivity contribution in [1.29, 1.82) is 0 Å². The first-order valence-corrected chi connectivity index (χ1v) is 8.33. The van der Waals surface area contributed by atoms with Crippen LogP contribution in [0, 0.1) is 0 Å². The van der Waals surface area contributed by atoms with E-state index < -0.39 is 8.07 Å². The second-order valence-corrected chi connectivity index (χ2v) is 9.57. The molecule has 0 bridgehead atoms. The Hall–Kier alpha value is -0.313. The van der Waals surface area contributed by atoms with E-state index in [9.17, 15) is 0 Å². The van der Waals surface area contributed by atoms with Gasteiger partial charge in [-0.15, -0.1) is 12.4 Å². The lowest BCUT2D eigenvalue weighted by molar-refractivity contribution is 0.970. The van der Waals surface area contributed by atoms with Gasteiger partial charge in [-0.2, -0.15) is 0 Å². The van der Waals surface area contributed by atoms with Gasteiger partial charge in [0.2, 0.25) is 0 Å². The van der Waals surface area contributed by atoms with Crippen LogP contribution in [0.5, 0.6) is 0 Å². The van der Waals surface area contributed by atoms with Gasteiger partial charge in [-0.1, -0.05) is 49.1 Å². The van der Waals surface area contributed by atoms with Crippen molar-refractivity contribution in [3.05, 3.63) is 29.8 Å². The molecule has 0 aliphatic heterocycles. The van der Waals surface area contributed by atoms with E-state index in [2.05, 4.69) is 43.9 Å². The van der Waals surface area contributed by atoms with Gasteiger partial charge in [0.15, 0.2) is 0 Å². The Kier molecular flexibility index (Phi) is 5.42. The molecule has 1 aromatic rings. The fourth-order valence-corrected chi connectivity index (χ4v) is 2.57. The first-order chi connectivity index (χ1) is 6.04. The quantitative estimate of drug-likeness (QED) is 0.790. The Labute approximate surface area is 94.1 Å². The minimum Gasteiger partial charge on any atom is -0.330 e. The molecule has 14 heavy (non-hydrogen) atoms. The molecule has 1 rings (SSSR count). The van der Waals surface area contributed by atoms with Crippen LogP contribution in [-0.4, -0.2) is 14.6 Å². The van der Waals surface area contributed by atoms with Gasteiger partial charge in [0, 0.05) is 0 Å². The number of nitrogens with two attached hydrogens (primary N) is 1. The summed E-state index contributed by atoms with van der Waals surface area (Å²) in [7, 11) is -1.13. The van der Waals surface area contributed by atoms with Crippen LogP contribution in [-0.2, 0) is 6.42 Å². The molecule has 0 amide bonds. The number of rotatable bonds is 3. The Morgan fingerprint density at radius 3 is 2.36 bits per heavy atom. The standard InChI is InChI=1S/C11H19NSi.ClH/c1-13(2,3)11-6-4-5-10(9-11)7-8-12;/h4-6,9H,7-8,12H2,1-3H3;1H. The smallest absolute Gasteiger partial charge is 0.0776 e. The summed E-state index contributed by atoms with van der Waals surface area (Å²) in [6.45, 7) is 7.85. The minimum atomic E-state index is -1.13. The number of halogens is 1. The summed E-state index contributed by atoms with van der Waals surface area (Å²) in [5.74, 6) is 0. The molecule has 1 aromatic carbocycles.